The molecule has 32 heavy (non-hydrogen) atoms. The first-order chi connectivity index (χ1) is 15.3. The van der Waals surface area contributed by atoms with Gasteiger partial charge in [-0.05, 0) is 37.6 Å². The number of rotatable bonds is 5. The first-order valence-corrected chi connectivity index (χ1v) is 10.4. The predicted octanol–water partition coefficient (Wildman–Crippen LogP) is 3.17. The second-order valence-electron chi connectivity index (χ2n) is 8.35. The van der Waals surface area contributed by atoms with Gasteiger partial charge in [-0.3, -0.25) is 9.59 Å². The largest absolute Gasteiger partial charge is 0.461 e. The lowest BCUT2D eigenvalue weighted by atomic mass is 9.91. The molecule has 4 rings (SSSR count). The third-order valence-electron chi connectivity index (χ3n) is 5.80. The van der Waals surface area contributed by atoms with Gasteiger partial charge in [-0.1, -0.05) is 18.2 Å². The zero-order chi connectivity index (χ0) is 22.9. The number of amides is 2. The number of pyridine rings is 1. The molecule has 1 aliphatic heterocycles. The van der Waals surface area contributed by atoms with Crippen LogP contribution >= 0.6 is 0 Å². The number of furan rings is 1. The van der Waals surface area contributed by atoms with Gasteiger partial charge in [0.25, 0.3) is 0 Å². The topological polar surface area (TPSA) is 108 Å². The van der Waals surface area contributed by atoms with Crippen molar-refractivity contribution in [3.05, 3.63) is 59.5 Å². The fraction of sp³-hybridized carbons (Fsp3) is 0.292. The monoisotopic (exact) mass is 434 g/mol. The van der Waals surface area contributed by atoms with Crippen LogP contribution in [0.3, 0.4) is 0 Å². The molecule has 0 aliphatic carbocycles. The Morgan fingerprint density at radius 1 is 1.38 bits per heavy atom. The summed E-state index contributed by atoms with van der Waals surface area (Å²) in [6.07, 6.45) is 4.76. The lowest BCUT2D eigenvalue weighted by Crippen LogP contribution is -2.40. The molecule has 2 aromatic heterocycles. The summed E-state index contributed by atoms with van der Waals surface area (Å²) in [5, 5.41) is 16.5. The summed E-state index contributed by atoms with van der Waals surface area (Å²) in [4.78, 5) is 30.9. The second-order valence-corrected chi connectivity index (χ2v) is 8.35. The van der Waals surface area contributed by atoms with Gasteiger partial charge in [-0.2, -0.15) is 0 Å². The minimum Gasteiger partial charge on any atom is -0.461 e. The fourth-order valence-electron chi connectivity index (χ4n) is 3.59. The number of nitrogens with zero attached hydrogens (tertiary/aromatic N) is 2. The van der Waals surface area contributed by atoms with Crippen molar-refractivity contribution >= 4 is 40.4 Å². The highest BCUT2D eigenvalue weighted by Gasteiger charge is 2.35. The molecule has 3 aromatic rings. The highest BCUT2D eigenvalue weighted by molar-refractivity contribution is 5.99. The average molecular weight is 434 g/mol. The Hall–Kier alpha value is -3.65. The quantitative estimate of drug-likeness (QED) is 0.533. The summed E-state index contributed by atoms with van der Waals surface area (Å²) in [5.74, 6) is 0.752. The standard InChI is InChI=1S/C24H26N4O4/c1-15-18(17-6-4-5-7-20(17)32-15)12-28(3)21(30)9-8-16-10-19-22(25-11-16)27-23(31)24(2,14-29)13-26-19/h4-11,26,29H,12-14H2,1-3H3,(H,25,27,31)/b9-8+/t24-/m1/s1. The lowest BCUT2D eigenvalue weighted by Gasteiger charge is -2.22. The van der Waals surface area contributed by atoms with E-state index in [1.807, 2.05) is 37.3 Å². The van der Waals surface area contributed by atoms with Gasteiger partial charge < -0.3 is 25.1 Å². The molecule has 3 heterocycles. The van der Waals surface area contributed by atoms with E-state index < -0.39 is 5.41 Å². The molecule has 1 aromatic carbocycles. The van der Waals surface area contributed by atoms with Gasteiger partial charge >= 0.3 is 0 Å². The maximum absolute atomic E-state index is 12.7. The maximum atomic E-state index is 12.7. The summed E-state index contributed by atoms with van der Waals surface area (Å²) >= 11 is 0. The number of nitrogens with one attached hydrogen (secondary N) is 2. The van der Waals surface area contributed by atoms with Crippen LogP contribution in [0.4, 0.5) is 11.5 Å². The SMILES string of the molecule is Cc1oc2ccccc2c1CN(C)C(=O)/C=C/c1cnc2c(c1)NC[C@](C)(CO)C(=O)N2. The molecule has 1 aliphatic rings. The van der Waals surface area contributed by atoms with Crippen LogP contribution in [-0.2, 0) is 16.1 Å². The Bertz CT molecular complexity index is 1220. The number of fused-ring (bicyclic) bond motifs is 2. The first kappa shape index (κ1) is 21.6. The molecule has 3 N–H and O–H groups in total. The Kier molecular flexibility index (Phi) is 5.71. The van der Waals surface area contributed by atoms with E-state index in [1.165, 1.54) is 6.08 Å². The van der Waals surface area contributed by atoms with Gasteiger partial charge in [0.15, 0.2) is 5.82 Å². The number of aryl methyl sites for hydroxylation is 1. The Morgan fingerprint density at radius 2 is 2.16 bits per heavy atom. The number of carbonyl (C=O) groups excluding carboxylic acids is 2. The van der Waals surface area contributed by atoms with Crippen LogP contribution in [0.25, 0.3) is 17.0 Å². The van der Waals surface area contributed by atoms with Crippen molar-refractivity contribution in [1.29, 1.82) is 0 Å². The molecule has 8 nitrogen and oxygen atoms in total. The van der Waals surface area contributed by atoms with E-state index in [1.54, 1.807) is 31.1 Å². The summed E-state index contributed by atoms with van der Waals surface area (Å²) in [7, 11) is 1.75. The molecular weight excluding hydrogens is 408 g/mol. The van der Waals surface area contributed by atoms with E-state index >= 15 is 0 Å². The average Bonchev–Trinajstić information content (AvgIpc) is 3.04. The fourth-order valence-corrected chi connectivity index (χ4v) is 3.59. The van der Waals surface area contributed by atoms with E-state index in [9.17, 15) is 14.7 Å². The first-order valence-electron chi connectivity index (χ1n) is 10.4. The van der Waals surface area contributed by atoms with Crippen LogP contribution in [0.2, 0.25) is 0 Å². The summed E-state index contributed by atoms with van der Waals surface area (Å²) in [5.41, 5.74) is 2.21. The van der Waals surface area contributed by atoms with Gasteiger partial charge in [-0.25, -0.2) is 4.98 Å². The molecular formula is C24H26N4O4. The molecule has 0 bridgehead atoms. The van der Waals surface area contributed by atoms with Crippen molar-refractivity contribution in [1.82, 2.24) is 9.88 Å². The number of carbonyl (C=O) groups is 2. The molecule has 1 atom stereocenters. The molecule has 2 amide bonds. The molecule has 0 spiro atoms. The summed E-state index contributed by atoms with van der Waals surface area (Å²) in [6, 6.07) is 9.59. The second kappa shape index (κ2) is 8.47. The highest BCUT2D eigenvalue weighted by Crippen LogP contribution is 2.29. The van der Waals surface area contributed by atoms with Crippen LogP contribution in [0.5, 0.6) is 0 Å². The molecule has 0 radical (unpaired) electrons. The molecule has 0 unspecified atom stereocenters. The highest BCUT2D eigenvalue weighted by atomic mass is 16.3. The minimum absolute atomic E-state index is 0.154. The minimum atomic E-state index is -0.940. The molecule has 0 saturated carbocycles. The van der Waals surface area contributed by atoms with E-state index in [4.69, 9.17) is 4.42 Å². The number of aromatic nitrogens is 1. The van der Waals surface area contributed by atoms with Gasteiger partial charge in [0.2, 0.25) is 11.8 Å². The summed E-state index contributed by atoms with van der Waals surface area (Å²) in [6.45, 7) is 4.01. The zero-order valence-corrected chi connectivity index (χ0v) is 18.3. The predicted molar refractivity (Wildman–Crippen MR) is 123 cm³/mol. The van der Waals surface area contributed by atoms with Crippen molar-refractivity contribution in [2.24, 2.45) is 5.41 Å². The van der Waals surface area contributed by atoms with Gasteiger partial charge in [0.05, 0.1) is 17.7 Å². The van der Waals surface area contributed by atoms with Crippen molar-refractivity contribution in [3.63, 3.8) is 0 Å². The number of hydrogen-bond acceptors (Lipinski definition) is 6. The zero-order valence-electron chi connectivity index (χ0n) is 18.3. The lowest BCUT2D eigenvalue weighted by molar-refractivity contribution is -0.126. The number of aliphatic hydroxyl groups is 1. The molecule has 0 saturated heterocycles. The number of hydrogen-bond donors (Lipinski definition) is 3. The van der Waals surface area contributed by atoms with E-state index in [-0.39, 0.29) is 25.0 Å². The van der Waals surface area contributed by atoms with Crippen LogP contribution in [0, 0.1) is 12.3 Å². The number of anilines is 2. The number of benzene rings is 1. The van der Waals surface area contributed by atoms with Crippen molar-refractivity contribution in [2.75, 3.05) is 30.8 Å². The van der Waals surface area contributed by atoms with Crippen LogP contribution in [-0.4, -0.2) is 47.0 Å². The third-order valence-corrected chi connectivity index (χ3v) is 5.80. The number of aliphatic hydroxyl groups excluding tert-OH is 1. The smallest absolute Gasteiger partial charge is 0.246 e. The third kappa shape index (κ3) is 4.09. The van der Waals surface area contributed by atoms with E-state index in [0.717, 1.165) is 22.3 Å². The van der Waals surface area contributed by atoms with Crippen LogP contribution < -0.4 is 10.6 Å². The van der Waals surface area contributed by atoms with E-state index in [0.29, 0.717) is 23.6 Å². The Morgan fingerprint density at radius 3 is 2.94 bits per heavy atom. The van der Waals surface area contributed by atoms with Crippen LogP contribution in [0.1, 0.15) is 23.8 Å². The maximum Gasteiger partial charge on any atom is 0.246 e. The molecule has 166 valence electrons. The molecule has 8 heteroatoms. The Balaban J connectivity index is 1.47. The number of likely N-dealkylation sites (N-methyl/N-ethyl adjacent to an activating group) is 1. The van der Waals surface area contributed by atoms with Crippen molar-refractivity contribution in [3.8, 4) is 0 Å². The van der Waals surface area contributed by atoms with Gasteiger partial charge in [-0.15, -0.1) is 0 Å². The Labute approximate surface area is 185 Å². The van der Waals surface area contributed by atoms with Crippen molar-refractivity contribution < 1.29 is 19.1 Å². The van der Waals surface area contributed by atoms with E-state index in [2.05, 4.69) is 15.6 Å². The normalized spacial score (nSPS) is 18.2. The molecule has 0 fully saturated rings. The van der Waals surface area contributed by atoms with Gasteiger partial charge in [0.1, 0.15) is 11.3 Å². The van der Waals surface area contributed by atoms with Crippen molar-refractivity contribution in [2.45, 2.75) is 20.4 Å². The van der Waals surface area contributed by atoms with Gasteiger partial charge in [0, 0.05) is 43.4 Å². The number of para-hydroxylation sites is 1. The summed E-state index contributed by atoms with van der Waals surface area (Å²) < 4.78 is 5.79. The van der Waals surface area contributed by atoms with Crippen LogP contribution in [0.15, 0.2) is 47.0 Å².